The van der Waals surface area contributed by atoms with E-state index in [0.717, 1.165) is 31.4 Å². The van der Waals surface area contributed by atoms with Gasteiger partial charge in [-0.25, -0.2) is 23.4 Å². The number of imidazole rings is 2. The van der Waals surface area contributed by atoms with Crippen LogP contribution < -0.4 is 0 Å². The minimum Gasteiger partial charge on any atom is -0.318 e. The summed E-state index contributed by atoms with van der Waals surface area (Å²) in [6, 6.07) is 0.905. The number of nitrogens with zero attached hydrogens (tertiary/aromatic N) is 5. The molecule has 4 rings (SSSR count). The molecule has 27 heavy (non-hydrogen) atoms. The zero-order chi connectivity index (χ0) is 19.6. The summed E-state index contributed by atoms with van der Waals surface area (Å²) >= 11 is 0. The minimum absolute atomic E-state index is 0.0350. The molecule has 0 aromatic carbocycles. The van der Waals surface area contributed by atoms with Gasteiger partial charge in [0.1, 0.15) is 17.0 Å². The molecular weight excluding hydrogens is 383 g/mol. The van der Waals surface area contributed by atoms with Crippen molar-refractivity contribution >= 4 is 21.0 Å². The van der Waals surface area contributed by atoms with Gasteiger partial charge in [0.25, 0.3) is 0 Å². The average molecular weight is 399 g/mol. The molecule has 1 aliphatic heterocycles. The van der Waals surface area contributed by atoms with Crippen LogP contribution in [0.15, 0.2) is 17.3 Å². The summed E-state index contributed by atoms with van der Waals surface area (Å²) in [5.41, 5.74) is -0.494. The second kappa shape index (κ2) is 5.78. The Morgan fingerprint density at radius 3 is 2.59 bits per heavy atom. The molecule has 0 aliphatic carbocycles. The van der Waals surface area contributed by atoms with E-state index in [1.54, 1.807) is 11.6 Å². The molecule has 0 spiro atoms. The molecular formula is C16H16F3N5O2S. The summed E-state index contributed by atoms with van der Waals surface area (Å²) in [5.74, 6) is 0.826. The maximum Gasteiger partial charge on any atom is 0.417 e. The first kappa shape index (κ1) is 18.0. The second-order valence-corrected chi connectivity index (χ2v) is 8.55. The van der Waals surface area contributed by atoms with Gasteiger partial charge in [-0.15, -0.1) is 0 Å². The number of sulfone groups is 1. The van der Waals surface area contributed by atoms with Crippen molar-refractivity contribution in [1.82, 2.24) is 24.1 Å². The number of hydrogen-bond donors (Lipinski definition) is 0. The average Bonchev–Trinajstić information content (AvgIpc) is 3.11. The summed E-state index contributed by atoms with van der Waals surface area (Å²) in [5, 5.41) is 0.0478. The summed E-state index contributed by atoms with van der Waals surface area (Å²) in [6.07, 6.45) is -0.322. The van der Waals surface area contributed by atoms with Gasteiger partial charge in [-0.1, -0.05) is 0 Å². The Labute approximate surface area is 152 Å². The normalized spacial score (nSPS) is 15.3. The van der Waals surface area contributed by atoms with Gasteiger partial charge in [-0.2, -0.15) is 13.2 Å². The maximum atomic E-state index is 13.0. The topological polar surface area (TPSA) is 82.7 Å². The van der Waals surface area contributed by atoms with Crippen LogP contribution in [-0.2, 0) is 36.0 Å². The van der Waals surface area contributed by atoms with Gasteiger partial charge in [0.15, 0.2) is 26.3 Å². The zero-order valence-corrected chi connectivity index (χ0v) is 15.4. The molecule has 144 valence electrons. The summed E-state index contributed by atoms with van der Waals surface area (Å²) < 4.78 is 66.8. The number of alkyl halides is 3. The van der Waals surface area contributed by atoms with Gasteiger partial charge < -0.3 is 9.13 Å². The van der Waals surface area contributed by atoms with Crippen molar-refractivity contribution in [3.05, 3.63) is 23.7 Å². The van der Waals surface area contributed by atoms with Crippen LogP contribution in [0.4, 0.5) is 13.2 Å². The highest BCUT2D eigenvalue weighted by atomic mass is 32.2. The molecule has 3 aromatic rings. The van der Waals surface area contributed by atoms with Gasteiger partial charge in [0, 0.05) is 32.5 Å². The predicted octanol–water partition coefficient (Wildman–Crippen LogP) is 2.59. The van der Waals surface area contributed by atoms with Crippen molar-refractivity contribution < 1.29 is 21.6 Å². The van der Waals surface area contributed by atoms with E-state index in [1.807, 2.05) is 0 Å². The monoisotopic (exact) mass is 399 g/mol. The number of halogens is 3. The third-order valence-corrected chi connectivity index (χ3v) is 5.75. The summed E-state index contributed by atoms with van der Waals surface area (Å²) in [6.45, 7) is 0.533. The summed E-state index contributed by atoms with van der Waals surface area (Å²) in [7, 11) is -2.04. The molecule has 4 heterocycles. The van der Waals surface area contributed by atoms with Gasteiger partial charge in [0.2, 0.25) is 0 Å². The Kier molecular flexibility index (Phi) is 3.85. The Hall–Kier alpha value is -2.43. The van der Waals surface area contributed by atoms with Crippen LogP contribution in [0.1, 0.15) is 24.2 Å². The second-order valence-electron chi connectivity index (χ2n) is 6.62. The van der Waals surface area contributed by atoms with Crippen LogP contribution in [0.25, 0.3) is 22.7 Å². The highest BCUT2D eigenvalue weighted by molar-refractivity contribution is 7.90. The third kappa shape index (κ3) is 2.89. The molecule has 0 saturated heterocycles. The fourth-order valence-corrected chi connectivity index (χ4v) is 4.51. The predicted molar refractivity (Wildman–Crippen MR) is 90.8 cm³/mol. The Morgan fingerprint density at radius 2 is 1.93 bits per heavy atom. The lowest BCUT2D eigenvalue weighted by Gasteiger charge is -2.15. The fourth-order valence-electron chi connectivity index (χ4n) is 3.42. The SMILES string of the molecule is Cn1c(-c2nc3n(c2S(C)(=O)=O)CCCC3)nc2cc(C(F)(F)F)cnc21. The smallest absolute Gasteiger partial charge is 0.318 e. The van der Waals surface area contributed by atoms with E-state index in [-0.39, 0.29) is 27.7 Å². The minimum atomic E-state index is -4.54. The number of rotatable bonds is 2. The fraction of sp³-hybridized carbons (Fsp3) is 0.438. The standard InChI is InChI=1S/C16H16F3N5O2S/c1-23-13-10(7-9(8-20-13)16(17,18)19)21-14(23)12-15(27(2,25)26)24-6-4-3-5-11(24)22-12/h7-8H,3-6H2,1-2H3. The van der Waals surface area contributed by atoms with Crippen LogP contribution in [0.2, 0.25) is 0 Å². The molecule has 0 radical (unpaired) electrons. The Balaban J connectivity index is 1.98. The quantitative estimate of drug-likeness (QED) is 0.662. The lowest BCUT2D eigenvalue weighted by atomic mass is 10.2. The van der Waals surface area contributed by atoms with Crippen LogP contribution >= 0.6 is 0 Å². The molecule has 0 unspecified atom stereocenters. The lowest BCUT2D eigenvalue weighted by molar-refractivity contribution is -0.137. The van der Waals surface area contributed by atoms with E-state index >= 15 is 0 Å². The maximum absolute atomic E-state index is 13.0. The number of pyridine rings is 1. The number of fused-ring (bicyclic) bond motifs is 2. The van der Waals surface area contributed by atoms with Crippen LogP contribution in [0, 0.1) is 0 Å². The van der Waals surface area contributed by atoms with Crippen molar-refractivity contribution in [3.63, 3.8) is 0 Å². The van der Waals surface area contributed by atoms with Crippen LogP contribution in [0.5, 0.6) is 0 Å². The molecule has 0 saturated carbocycles. The first-order valence-electron chi connectivity index (χ1n) is 8.27. The summed E-state index contributed by atoms with van der Waals surface area (Å²) in [4.78, 5) is 12.6. The Morgan fingerprint density at radius 1 is 1.19 bits per heavy atom. The Bertz CT molecular complexity index is 1160. The van der Waals surface area contributed by atoms with Crippen molar-refractivity contribution in [2.75, 3.05) is 6.26 Å². The molecule has 0 N–H and O–H groups in total. The first-order chi connectivity index (χ1) is 12.6. The van der Waals surface area contributed by atoms with Gasteiger partial charge in [-0.3, -0.25) is 0 Å². The van der Waals surface area contributed by atoms with E-state index in [1.165, 1.54) is 4.57 Å². The largest absolute Gasteiger partial charge is 0.417 e. The van der Waals surface area contributed by atoms with Gasteiger partial charge in [-0.05, 0) is 18.9 Å². The molecule has 11 heteroatoms. The van der Waals surface area contributed by atoms with Gasteiger partial charge >= 0.3 is 6.18 Å². The van der Waals surface area contributed by atoms with E-state index in [4.69, 9.17) is 0 Å². The molecule has 0 fully saturated rings. The molecule has 3 aromatic heterocycles. The first-order valence-corrected chi connectivity index (χ1v) is 10.2. The highest BCUT2D eigenvalue weighted by Gasteiger charge is 2.33. The van der Waals surface area contributed by atoms with Gasteiger partial charge in [0.05, 0.1) is 5.56 Å². The molecule has 0 bridgehead atoms. The number of aryl methyl sites for hydroxylation is 2. The lowest BCUT2D eigenvalue weighted by Crippen LogP contribution is -2.15. The molecule has 1 aliphatic rings. The van der Waals surface area contributed by atoms with Crippen molar-refractivity contribution in [3.8, 4) is 11.5 Å². The third-order valence-electron chi connectivity index (χ3n) is 4.63. The van der Waals surface area contributed by atoms with E-state index in [2.05, 4.69) is 15.0 Å². The van der Waals surface area contributed by atoms with Crippen LogP contribution in [-0.4, -0.2) is 38.8 Å². The number of hydrogen-bond acceptors (Lipinski definition) is 5. The number of aromatic nitrogens is 5. The molecule has 0 atom stereocenters. The van der Waals surface area contributed by atoms with E-state index in [9.17, 15) is 21.6 Å². The van der Waals surface area contributed by atoms with Crippen LogP contribution in [0.3, 0.4) is 0 Å². The highest BCUT2D eigenvalue weighted by Crippen LogP contribution is 2.34. The van der Waals surface area contributed by atoms with Crippen molar-refractivity contribution in [2.45, 2.75) is 37.0 Å². The van der Waals surface area contributed by atoms with Crippen molar-refractivity contribution in [2.24, 2.45) is 7.05 Å². The van der Waals surface area contributed by atoms with E-state index in [0.29, 0.717) is 18.8 Å². The van der Waals surface area contributed by atoms with E-state index < -0.39 is 21.6 Å². The van der Waals surface area contributed by atoms with Crippen molar-refractivity contribution in [1.29, 1.82) is 0 Å². The zero-order valence-electron chi connectivity index (χ0n) is 14.6. The molecule has 7 nitrogen and oxygen atoms in total. The molecule has 0 amide bonds.